The third-order valence-corrected chi connectivity index (χ3v) is 7.41. The summed E-state index contributed by atoms with van der Waals surface area (Å²) in [7, 11) is 0. The van der Waals surface area contributed by atoms with Gasteiger partial charge in [-0.3, -0.25) is 9.59 Å². The maximum absolute atomic E-state index is 12.5. The smallest absolute Gasteiger partial charge is 0.306 e. The van der Waals surface area contributed by atoms with E-state index >= 15 is 0 Å². The minimum atomic E-state index is -0.726. The number of ether oxygens (including phenoxy) is 1. The Balaban J connectivity index is 4.04. The van der Waals surface area contributed by atoms with Crippen LogP contribution in [-0.2, 0) is 14.3 Å². The number of allylic oxidation sites excluding steroid dienone is 3. The van der Waals surface area contributed by atoms with Gasteiger partial charge in [-0.15, -0.1) is 0 Å². The Labute approximate surface area is 242 Å². The molecule has 0 aromatic heterocycles. The summed E-state index contributed by atoms with van der Waals surface area (Å²) >= 11 is 0. The first-order valence-corrected chi connectivity index (χ1v) is 16.8. The summed E-state index contributed by atoms with van der Waals surface area (Å²) in [6, 6.07) is 0. The number of carboxylic acid groups (broad SMARTS) is 1. The summed E-state index contributed by atoms with van der Waals surface area (Å²) in [6.07, 6.45) is 37.7. The third-order valence-electron chi connectivity index (χ3n) is 7.41. The number of hydrogen-bond donors (Lipinski definition) is 1. The van der Waals surface area contributed by atoms with Crippen LogP contribution >= 0.6 is 0 Å². The summed E-state index contributed by atoms with van der Waals surface area (Å²) in [5.74, 6) is -0.805. The average Bonchev–Trinajstić information content (AvgIpc) is 2.91. The number of aliphatic carboxylic acids is 1. The van der Waals surface area contributed by atoms with Crippen molar-refractivity contribution in [2.24, 2.45) is 0 Å². The van der Waals surface area contributed by atoms with Crippen LogP contribution in [0.15, 0.2) is 24.3 Å². The first-order valence-electron chi connectivity index (χ1n) is 16.8. The van der Waals surface area contributed by atoms with Crippen molar-refractivity contribution in [1.82, 2.24) is 0 Å². The Bertz CT molecular complexity index is 595. The van der Waals surface area contributed by atoms with Crippen molar-refractivity contribution < 1.29 is 19.4 Å². The number of carbonyl (C=O) groups excluding carboxylic acids is 1. The zero-order valence-electron chi connectivity index (χ0n) is 25.9. The standard InChI is InChI=1S/C35H64O4/c1-3-5-7-9-11-13-14-15-16-17-18-20-22-28-32-35(38)39-33(30-26-23-24-27-31-34(36)37)29-25-21-19-12-10-8-6-4-2/h12,19,25,29,33H,3-11,13-18,20-24,26-28,30-32H2,1-2H3,(H,36,37)/b19-12-,29-25-. The van der Waals surface area contributed by atoms with Crippen LogP contribution in [0.4, 0.5) is 0 Å². The van der Waals surface area contributed by atoms with Gasteiger partial charge < -0.3 is 9.84 Å². The Morgan fingerprint density at radius 3 is 1.64 bits per heavy atom. The lowest BCUT2D eigenvalue weighted by Crippen LogP contribution is -2.16. The lowest BCUT2D eigenvalue weighted by molar-refractivity contribution is -0.147. The molecule has 1 N–H and O–H groups in total. The van der Waals surface area contributed by atoms with Crippen LogP contribution in [0, 0.1) is 0 Å². The predicted octanol–water partition coefficient (Wildman–Crippen LogP) is 11.3. The summed E-state index contributed by atoms with van der Waals surface area (Å²) in [5.41, 5.74) is 0. The molecular weight excluding hydrogens is 484 g/mol. The monoisotopic (exact) mass is 548 g/mol. The topological polar surface area (TPSA) is 63.6 Å². The van der Waals surface area contributed by atoms with Gasteiger partial charge in [-0.05, 0) is 51.0 Å². The number of esters is 1. The normalized spacial score (nSPS) is 12.5. The van der Waals surface area contributed by atoms with Gasteiger partial charge in [0.05, 0.1) is 0 Å². The van der Waals surface area contributed by atoms with E-state index in [9.17, 15) is 9.59 Å². The first-order chi connectivity index (χ1) is 19.1. The molecule has 0 aliphatic carbocycles. The molecule has 0 aromatic rings. The van der Waals surface area contributed by atoms with E-state index in [1.54, 1.807) is 0 Å². The molecule has 0 rings (SSSR count). The van der Waals surface area contributed by atoms with E-state index in [4.69, 9.17) is 9.84 Å². The van der Waals surface area contributed by atoms with Gasteiger partial charge >= 0.3 is 11.9 Å². The quantitative estimate of drug-likeness (QED) is 0.0550. The molecule has 4 heteroatoms. The molecule has 0 aromatic carbocycles. The number of rotatable bonds is 30. The fraction of sp³-hybridized carbons (Fsp3) is 0.829. The summed E-state index contributed by atoms with van der Waals surface area (Å²) in [4.78, 5) is 23.2. The van der Waals surface area contributed by atoms with Crippen LogP contribution in [-0.4, -0.2) is 23.1 Å². The molecule has 0 saturated carbocycles. The largest absolute Gasteiger partial charge is 0.481 e. The van der Waals surface area contributed by atoms with Crippen molar-refractivity contribution in [3.05, 3.63) is 24.3 Å². The van der Waals surface area contributed by atoms with Gasteiger partial charge in [-0.2, -0.15) is 0 Å². The first kappa shape index (κ1) is 37.4. The van der Waals surface area contributed by atoms with Crippen molar-refractivity contribution in [2.75, 3.05) is 0 Å². The molecule has 0 saturated heterocycles. The SMILES string of the molecule is CCCCC/C=C\C/C=C\C(CCCCCCC(=O)O)OC(=O)CCCCCCCCCCCCCCCC. The Hall–Kier alpha value is -1.58. The molecule has 0 radical (unpaired) electrons. The van der Waals surface area contributed by atoms with Crippen LogP contribution in [0.25, 0.3) is 0 Å². The summed E-state index contributed by atoms with van der Waals surface area (Å²) in [6.45, 7) is 4.49. The lowest BCUT2D eigenvalue weighted by atomic mass is 10.0. The van der Waals surface area contributed by atoms with Crippen molar-refractivity contribution in [3.8, 4) is 0 Å². The molecule has 0 spiro atoms. The average molecular weight is 549 g/mol. The molecule has 1 unspecified atom stereocenters. The molecule has 228 valence electrons. The van der Waals surface area contributed by atoms with E-state index < -0.39 is 5.97 Å². The number of unbranched alkanes of at least 4 members (excludes halogenated alkanes) is 19. The second-order valence-electron chi connectivity index (χ2n) is 11.4. The molecule has 1 atom stereocenters. The highest BCUT2D eigenvalue weighted by atomic mass is 16.5. The molecule has 0 aliphatic rings. The van der Waals surface area contributed by atoms with E-state index in [2.05, 4.69) is 38.2 Å². The van der Waals surface area contributed by atoms with Crippen LogP contribution in [0.5, 0.6) is 0 Å². The lowest BCUT2D eigenvalue weighted by Gasteiger charge is -2.14. The maximum atomic E-state index is 12.5. The predicted molar refractivity (Wildman–Crippen MR) is 167 cm³/mol. The summed E-state index contributed by atoms with van der Waals surface area (Å²) < 4.78 is 5.82. The Kier molecular flexibility index (Phi) is 29.7. The Morgan fingerprint density at radius 1 is 0.590 bits per heavy atom. The highest BCUT2D eigenvalue weighted by Gasteiger charge is 2.11. The second kappa shape index (κ2) is 31.0. The fourth-order valence-corrected chi connectivity index (χ4v) is 4.90. The van der Waals surface area contributed by atoms with Crippen molar-refractivity contribution >= 4 is 11.9 Å². The van der Waals surface area contributed by atoms with Crippen LogP contribution in [0.2, 0.25) is 0 Å². The molecule has 39 heavy (non-hydrogen) atoms. The van der Waals surface area contributed by atoms with E-state index in [0.717, 1.165) is 57.8 Å². The molecule has 0 amide bonds. The van der Waals surface area contributed by atoms with Gasteiger partial charge in [0.25, 0.3) is 0 Å². The van der Waals surface area contributed by atoms with Gasteiger partial charge in [0.2, 0.25) is 0 Å². The number of carboxylic acids is 1. The zero-order valence-corrected chi connectivity index (χ0v) is 25.9. The number of carbonyl (C=O) groups is 2. The van der Waals surface area contributed by atoms with E-state index in [1.807, 2.05) is 0 Å². The molecule has 0 heterocycles. The minimum absolute atomic E-state index is 0.0791. The van der Waals surface area contributed by atoms with Crippen LogP contribution in [0.3, 0.4) is 0 Å². The van der Waals surface area contributed by atoms with Gasteiger partial charge in [0.15, 0.2) is 0 Å². The van der Waals surface area contributed by atoms with E-state index in [1.165, 1.54) is 96.3 Å². The van der Waals surface area contributed by atoms with Crippen molar-refractivity contribution in [2.45, 2.75) is 187 Å². The van der Waals surface area contributed by atoms with Crippen molar-refractivity contribution in [3.63, 3.8) is 0 Å². The Morgan fingerprint density at radius 2 is 1.08 bits per heavy atom. The highest BCUT2D eigenvalue weighted by molar-refractivity contribution is 5.69. The zero-order chi connectivity index (χ0) is 28.7. The molecule has 0 bridgehead atoms. The van der Waals surface area contributed by atoms with Gasteiger partial charge in [-0.1, -0.05) is 141 Å². The third kappa shape index (κ3) is 30.8. The molecule has 4 nitrogen and oxygen atoms in total. The number of hydrogen-bond acceptors (Lipinski definition) is 3. The fourth-order valence-electron chi connectivity index (χ4n) is 4.90. The highest BCUT2D eigenvalue weighted by Crippen LogP contribution is 2.15. The second-order valence-corrected chi connectivity index (χ2v) is 11.4. The van der Waals surface area contributed by atoms with Gasteiger partial charge in [-0.25, -0.2) is 0 Å². The van der Waals surface area contributed by atoms with Crippen LogP contribution in [0.1, 0.15) is 181 Å². The van der Waals surface area contributed by atoms with Gasteiger partial charge in [0.1, 0.15) is 6.10 Å². The molecule has 0 fully saturated rings. The van der Waals surface area contributed by atoms with Gasteiger partial charge in [0, 0.05) is 12.8 Å². The molecule has 0 aliphatic heterocycles. The minimum Gasteiger partial charge on any atom is -0.481 e. The van der Waals surface area contributed by atoms with Crippen molar-refractivity contribution in [1.29, 1.82) is 0 Å². The van der Waals surface area contributed by atoms with E-state index in [0.29, 0.717) is 6.42 Å². The van der Waals surface area contributed by atoms with Crippen LogP contribution < -0.4 is 0 Å². The maximum Gasteiger partial charge on any atom is 0.306 e. The van der Waals surface area contributed by atoms with E-state index in [-0.39, 0.29) is 18.5 Å². The summed E-state index contributed by atoms with van der Waals surface area (Å²) in [5, 5.41) is 8.79. The molecular formula is C35H64O4.